The summed E-state index contributed by atoms with van der Waals surface area (Å²) in [7, 11) is 0. The van der Waals surface area contributed by atoms with Gasteiger partial charge in [-0.2, -0.15) is 9.46 Å². The SMILES string of the molecule is CC(C)(C)C(=O)c1cc(=O)c(O)c[nH]1.CC(C)(C)C(=O)c1cc(=O)c(O)cn1O.CC(C)(C)Cc1cc(=O)c(O)cn1O. The summed E-state index contributed by atoms with van der Waals surface area (Å²) in [6, 6.07) is 3.28. The smallest absolute Gasteiger partial charge is 0.224 e. The van der Waals surface area contributed by atoms with Gasteiger partial charge >= 0.3 is 0 Å². The Kier molecular flexibility index (Phi) is 11.3. The molecule has 0 spiro atoms. The fraction of sp³-hybridized carbons (Fsp3) is 0.433. The van der Waals surface area contributed by atoms with Crippen LogP contribution in [0, 0.1) is 16.2 Å². The lowest BCUT2D eigenvalue weighted by molar-refractivity contribution is 0.0800. The van der Waals surface area contributed by atoms with Crippen molar-refractivity contribution in [2.24, 2.45) is 16.2 Å². The summed E-state index contributed by atoms with van der Waals surface area (Å²) in [5.74, 6) is -1.94. The highest BCUT2D eigenvalue weighted by Gasteiger charge is 2.26. The molecule has 0 saturated carbocycles. The molecule has 13 heteroatoms. The van der Waals surface area contributed by atoms with Gasteiger partial charge in [0.05, 0.1) is 23.8 Å². The molecule has 3 aromatic rings. The second-order valence-corrected chi connectivity index (χ2v) is 13.1. The highest BCUT2D eigenvalue weighted by Crippen LogP contribution is 2.21. The molecule has 236 valence electrons. The Morgan fingerprint density at radius 3 is 1.56 bits per heavy atom. The van der Waals surface area contributed by atoms with E-state index in [9.17, 15) is 34.4 Å². The number of rotatable bonds is 3. The van der Waals surface area contributed by atoms with Crippen LogP contribution in [0.3, 0.4) is 0 Å². The maximum absolute atomic E-state index is 11.7. The summed E-state index contributed by atoms with van der Waals surface area (Å²) in [5, 5.41) is 45.8. The molecule has 0 unspecified atom stereocenters. The summed E-state index contributed by atoms with van der Waals surface area (Å²) >= 11 is 0. The van der Waals surface area contributed by atoms with Gasteiger partial charge in [-0.3, -0.25) is 24.0 Å². The van der Waals surface area contributed by atoms with Crippen molar-refractivity contribution in [2.75, 3.05) is 0 Å². The van der Waals surface area contributed by atoms with E-state index in [1.807, 2.05) is 20.8 Å². The number of Topliss-reactive ketones (excluding diaryl/α,β-unsaturated/α-hetero) is 2. The minimum atomic E-state index is -0.701. The number of hydrogen-bond donors (Lipinski definition) is 6. The first-order valence-electron chi connectivity index (χ1n) is 13.1. The highest BCUT2D eigenvalue weighted by molar-refractivity contribution is 5.98. The summed E-state index contributed by atoms with van der Waals surface area (Å²) in [4.78, 5) is 59.3. The van der Waals surface area contributed by atoms with Crippen molar-refractivity contribution < 1.29 is 35.3 Å². The number of carbonyl (C=O) groups excluding carboxylic acids is 2. The Labute approximate surface area is 248 Å². The fourth-order valence-electron chi connectivity index (χ4n) is 3.30. The molecule has 0 amide bonds. The lowest BCUT2D eigenvalue weighted by Crippen LogP contribution is -2.25. The van der Waals surface area contributed by atoms with E-state index in [-0.39, 0.29) is 34.1 Å². The first kappa shape index (κ1) is 36.2. The lowest BCUT2D eigenvalue weighted by Gasteiger charge is -2.19. The molecule has 0 aliphatic carbocycles. The van der Waals surface area contributed by atoms with Gasteiger partial charge in [0.1, 0.15) is 5.69 Å². The molecule has 0 bridgehead atoms. The van der Waals surface area contributed by atoms with Crippen LogP contribution in [-0.4, -0.2) is 51.7 Å². The lowest BCUT2D eigenvalue weighted by atomic mass is 9.89. The zero-order chi connectivity index (χ0) is 33.7. The molecule has 0 radical (unpaired) electrons. The normalized spacial score (nSPS) is 11.5. The van der Waals surface area contributed by atoms with Crippen LogP contribution in [0.15, 0.2) is 51.2 Å². The third kappa shape index (κ3) is 10.8. The number of nitrogens with one attached hydrogen (secondary N) is 1. The van der Waals surface area contributed by atoms with E-state index in [0.29, 0.717) is 16.8 Å². The van der Waals surface area contributed by atoms with Gasteiger partial charge in [0.2, 0.25) is 16.3 Å². The molecule has 0 aliphatic rings. The highest BCUT2D eigenvalue weighted by atomic mass is 16.5. The van der Waals surface area contributed by atoms with Crippen LogP contribution in [0.25, 0.3) is 0 Å². The van der Waals surface area contributed by atoms with Gasteiger partial charge in [0, 0.05) is 35.2 Å². The van der Waals surface area contributed by atoms with E-state index < -0.39 is 38.6 Å². The molecule has 3 rings (SSSR count). The zero-order valence-electron chi connectivity index (χ0n) is 25.8. The summed E-state index contributed by atoms with van der Waals surface area (Å²) in [6.07, 6.45) is 3.52. The van der Waals surface area contributed by atoms with E-state index in [1.165, 1.54) is 6.07 Å². The molecule has 3 aromatic heterocycles. The summed E-state index contributed by atoms with van der Waals surface area (Å²) in [6.45, 7) is 16.3. The van der Waals surface area contributed by atoms with E-state index in [1.54, 1.807) is 41.5 Å². The minimum Gasteiger partial charge on any atom is -0.503 e. The minimum absolute atomic E-state index is 0.0199. The first-order chi connectivity index (χ1) is 19.3. The molecular weight excluding hydrogens is 562 g/mol. The standard InChI is InChI=1S/C10H13NO4.C10H15NO3.C10H13NO3/c1-10(2,3)9(14)6-4-7(12)8(13)5-11(6)15;1-10(2,3)5-7-4-8(12)9(13)6-11(7)14;1-10(2,3)9(14)6-4-7(12)8(13)5-11-6/h4-5,13,15H,1-3H3;4,6,13-14H,5H2,1-3H3;4-5,13H,1-3H3,(H,11,12). The Hall–Kier alpha value is -4.81. The van der Waals surface area contributed by atoms with Gasteiger partial charge in [-0.1, -0.05) is 62.3 Å². The second kappa shape index (κ2) is 13.4. The molecule has 43 heavy (non-hydrogen) atoms. The predicted octanol–water partition coefficient (Wildman–Crippen LogP) is 3.71. The summed E-state index contributed by atoms with van der Waals surface area (Å²) < 4.78 is 1.26. The maximum Gasteiger partial charge on any atom is 0.224 e. The van der Waals surface area contributed by atoms with Crippen molar-refractivity contribution in [3.05, 3.63) is 84.5 Å². The van der Waals surface area contributed by atoms with Crippen LogP contribution in [0.2, 0.25) is 0 Å². The van der Waals surface area contributed by atoms with Crippen LogP contribution in [-0.2, 0) is 6.42 Å². The third-order valence-corrected chi connectivity index (χ3v) is 5.54. The fourth-order valence-corrected chi connectivity index (χ4v) is 3.30. The van der Waals surface area contributed by atoms with Crippen molar-refractivity contribution in [1.82, 2.24) is 14.4 Å². The number of ketones is 2. The van der Waals surface area contributed by atoms with Gasteiger partial charge < -0.3 is 30.7 Å². The Bertz CT molecular complexity index is 1640. The van der Waals surface area contributed by atoms with E-state index in [0.717, 1.165) is 35.5 Å². The number of hydrogen-bond acceptors (Lipinski definition) is 10. The number of nitrogens with zero attached hydrogens (tertiary/aromatic N) is 2. The molecule has 6 N–H and O–H groups in total. The Morgan fingerprint density at radius 2 is 1.12 bits per heavy atom. The van der Waals surface area contributed by atoms with Crippen LogP contribution >= 0.6 is 0 Å². The molecule has 0 aliphatic heterocycles. The zero-order valence-corrected chi connectivity index (χ0v) is 25.8. The van der Waals surface area contributed by atoms with Crippen molar-refractivity contribution in [1.29, 1.82) is 0 Å². The van der Waals surface area contributed by atoms with Crippen LogP contribution < -0.4 is 16.3 Å². The Morgan fingerprint density at radius 1 is 0.674 bits per heavy atom. The molecule has 13 nitrogen and oxygen atoms in total. The first-order valence-corrected chi connectivity index (χ1v) is 13.1. The van der Waals surface area contributed by atoms with Gasteiger partial charge in [-0.15, -0.1) is 0 Å². The van der Waals surface area contributed by atoms with Crippen LogP contribution in [0.4, 0.5) is 0 Å². The number of aromatic nitrogens is 3. The van der Waals surface area contributed by atoms with E-state index >= 15 is 0 Å². The number of pyridine rings is 3. The van der Waals surface area contributed by atoms with Crippen molar-refractivity contribution in [2.45, 2.75) is 68.7 Å². The monoisotopic (exact) mass is 603 g/mol. The largest absolute Gasteiger partial charge is 0.503 e. The molecule has 0 atom stereocenters. The molecule has 3 heterocycles. The van der Waals surface area contributed by atoms with Crippen molar-refractivity contribution in [3.63, 3.8) is 0 Å². The van der Waals surface area contributed by atoms with Crippen molar-refractivity contribution >= 4 is 11.6 Å². The second-order valence-electron chi connectivity index (χ2n) is 13.1. The van der Waals surface area contributed by atoms with Gasteiger partial charge in [-0.05, 0) is 11.8 Å². The summed E-state index contributed by atoms with van der Waals surface area (Å²) in [5.41, 5.74) is -2.37. The quantitative estimate of drug-likeness (QED) is 0.189. The molecule has 0 saturated heterocycles. The molecular formula is C30H41N3O10. The Balaban J connectivity index is 0.000000323. The van der Waals surface area contributed by atoms with Crippen LogP contribution in [0.5, 0.6) is 17.2 Å². The van der Waals surface area contributed by atoms with Crippen LogP contribution in [0.1, 0.15) is 89.0 Å². The van der Waals surface area contributed by atoms with Gasteiger partial charge in [0.25, 0.3) is 0 Å². The van der Waals surface area contributed by atoms with E-state index in [2.05, 4.69) is 4.98 Å². The number of H-pyrrole nitrogens is 1. The molecule has 0 fully saturated rings. The van der Waals surface area contributed by atoms with Crippen molar-refractivity contribution in [3.8, 4) is 17.2 Å². The predicted molar refractivity (Wildman–Crippen MR) is 159 cm³/mol. The maximum atomic E-state index is 11.7. The number of aromatic amines is 1. The van der Waals surface area contributed by atoms with Gasteiger partial charge in [-0.25, -0.2) is 0 Å². The van der Waals surface area contributed by atoms with Gasteiger partial charge in [0.15, 0.2) is 28.8 Å². The topological polar surface area (TPSA) is 212 Å². The number of aromatic hydroxyl groups is 3. The average molecular weight is 604 g/mol. The third-order valence-electron chi connectivity index (χ3n) is 5.54. The molecule has 0 aromatic carbocycles. The number of carbonyl (C=O) groups is 2. The van der Waals surface area contributed by atoms with E-state index in [4.69, 9.17) is 15.3 Å². The average Bonchev–Trinajstić information content (AvgIpc) is 2.84.